The van der Waals surface area contributed by atoms with Crippen molar-refractivity contribution in [3.8, 4) is 5.75 Å². The predicted octanol–water partition coefficient (Wildman–Crippen LogP) is 3.03. The SMILES string of the molecule is [C-]#[N+]c1nn(CCC(C)(C)C)c(=O)c(C2=NP(=O)(OCC)c3cc(NS(C)(=O)=O)ccc3N2)c1O. The molecule has 1 aromatic carbocycles. The second-order valence-corrected chi connectivity index (χ2v) is 12.8. The van der Waals surface area contributed by atoms with Crippen LogP contribution >= 0.6 is 7.52 Å². The van der Waals surface area contributed by atoms with Crippen LogP contribution in [0.3, 0.4) is 0 Å². The summed E-state index contributed by atoms with van der Waals surface area (Å²) in [6.45, 7) is 15.1. The summed E-state index contributed by atoms with van der Waals surface area (Å²) in [5.74, 6) is -1.33. The van der Waals surface area contributed by atoms with Crippen molar-refractivity contribution in [2.45, 2.75) is 40.7 Å². The highest BCUT2D eigenvalue weighted by atomic mass is 32.2. The third-order valence-electron chi connectivity index (χ3n) is 4.92. The fraction of sp³-hybridized carbons (Fsp3) is 0.429. The molecule has 0 bridgehead atoms. The summed E-state index contributed by atoms with van der Waals surface area (Å²) in [5.41, 5.74) is -0.805. The van der Waals surface area contributed by atoms with Crippen LogP contribution in [-0.2, 0) is 25.7 Å². The van der Waals surface area contributed by atoms with E-state index in [1.807, 2.05) is 20.8 Å². The number of fused-ring (bicyclic) bond motifs is 1. The zero-order valence-corrected chi connectivity index (χ0v) is 21.7. The van der Waals surface area contributed by atoms with Gasteiger partial charge in [0.25, 0.3) is 5.56 Å². The number of nitrogens with zero attached hydrogens (tertiary/aromatic N) is 4. The summed E-state index contributed by atoms with van der Waals surface area (Å²) >= 11 is 0. The average molecular weight is 523 g/mol. The summed E-state index contributed by atoms with van der Waals surface area (Å²) in [4.78, 5) is 16.5. The number of aromatic nitrogens is 2. The van der Waals surface area contributed by atoms with Gasteiger partial charge >= 0.3 is 13.3 Å². The molecule has 1 aliphatic rings. The number of nitrogens with one attached hydrogen (secondary N) is 2. The van der Waals surface area contributed by atoms with E-state index in [2.05, 4.69) is 24.7 Å². The molecule has 2 aromatic rings. The minimum Gasteiger partial charge on any atom is -0.516 e. The van der Waals surface area contributed by atoms with Gasteiger partial charge in [-0.3, -0.25) is 14.1 Å². The lowest BCUT2D eigenvalue weighted by Gasteiger charge is -2.25. The Morgan fingerprint density at radius 1 is 1.34 bits per heavy atom. The second kappa shape index (κ2) is 9.45. The molecule has 0 aliphatic carbocycles. The minimum atomic E-state index is -4.00. The van der Waals surface area contributed by atoms with E-state index in [4.69, 9.17) is 11.1 Å². The van der Waals surface area contributed by atoms with Crippen LogP contribution < -0.4 is 20.9 Å². The number of benzene rings is 1. The van der Waals surface area contributed by atoms with Gasteiger partial charge in [0.2, 0.25) is 10.0 Å². The van der Waals surface area contributed by atoms with Gasteiger partial charge in [0.05, 0.1) is 30.4 Å². The van der Waals surface area contributed by atoms with E-state index >= 15 is 0 Å². The Balaban J connectivity index is 2.19. The third kappa shape index (κ3) is 5.90. The van der Waals surface area contributed by atoms with E-state index in [1.165, 1.54) is 18.2 Å². The van der Waals surface area contributed by atoms with E-state index in [1.54, 1.807) is 6.92 Å². The van der Waals surface area contributed by atoms with E-state index < -0.39 is 34.7 Å². The molecule has 14 heteroatoms. The van der Waals surface area contributed by atoms with Gasteiger partial charge in [-0.15, -0.1) is 0 Å². The molecular weight excluding hydrogens is 495 g/mol. The van der Waals surface area contributed by atoms with Crippen LogP contribution in [0.1, 0.15) is 39.7 Å². The first-order valence-electron chi connectivity index (χ1n) is 10.6. The van der Waals surface area contributed by atoms with Crippen molar-refractivity contribution in [2.75, 3.05) is 22.9 Å². The molecule has 3 N–H and O–H groups in total. The Hall–Kier alpha value is -3.20. The number of sulfonamides is 1. The maximum Gasteiger partial charge on any atom is 0.348 e. The molecular formula is C21H27N6O6PS. The van der Waals surface area contributed by atoms with Crippen molar-refractivity contribution < 1.29 is 22.6 Å². The minimum absolute atomic E-state index is 0.00265. The van der Waals surface area contributed by atoms with E-state index in [0.29, 0.717) is 6.42 Å². The fourth-order valence-corrected chi connectivity index (χ4v) is 5.66. The first kappa shape index (κ1) is 26.4. The van der Waals surface area contributed by atoms with Gasteiger partial charge in [0.15, 0.2) is 11.6 Å². The first-order valence-corrected chi connectivity index (χ1v) is 14.1. The van der Waals surface area contributed by atoms with Crippen LogP contribution in [0.4, 0.5) is 17.2 Å². The normalized spacial score (nSPS) is 17.7. The van der Waals surface area contributed by atoms with E-state index in [0.717, 1.165) is 10.9 Å². The molecule has 0 saturated carbocycles. The van der Waals surface area contributed by atoms with Gasteiger partial charge in [-0.25, -0.2) is 8.42 Å². The average Bonchev–Trinajstić information content (AvgIpc) is 2.72. The van der Waals surface area contributed by atoms with E-state index in [-0.39, 0.29) is 46.6 Å². The van der Waals surface area contributed by atoms with Gasteiger partial charge in [-0.05, 0) is 42.1 Å². The highest BCUT2D eigenvalue weighted by Crippen LogP contribution is 2.52. The maximum absolute atomic E-state index is 13.8. The number of aryl methyl sites for hydroxylation is 1. The van der Waals surface area contributed by atoms with Crippen LogP contribution in [0.5, 0.6) is 5.75 Å². The second-order valence-electron chi connectivity index (χ2n) is 9.12. The van der Waals surface area contributed by atoms with Gasteiger partial charge in [0, 0.05) is 5.69 Å². The number of anilines is 2. The third-order valence-corrected chi connectivity index (χ3v) is 7.58. The van der Waals surface area contributed by atoms with Gasteiger partial charge in [-0.2, -0.15) is 9.44 Å². The molecule has 0 saturated heterocycles. The van der Waals surface area contributed by atoms with Crippen molar-refractivity contribution in [3.63, 3.8) is 0 Å². The van der Waals surface area contributed by atoms with Crippen molar-refractivity contribution in [3.05, 3.63) is 45.5 Å². The molecule has 2 heterocycles. The molecule has 35 heavy (non-hydrogen) atoms. The first-order chi connectivity index (χ1) is 16.2. The molecule has 1 aliphatic heterocycles. The Morgan fingerprint density at radius 2 is 2.03 bits per heavy atom. The molecule has 12 nitrogen and oxygen atoms in total. The lowest BCUT2D eigenvalue weighted by atomic mass is 9.92. The lowest BCUT2D eigenvalue weighted by Crippen LogP contribution is -2.35. The number of aromatic hydroxyl groups is 1. The molecule has 0 amide bonds. The molecule has 0 spiro atoms. The fourth-order valence-electron chi connectivity index (χ4n) is 3.30. The quantitative estimate of drug-likeness (QED) is 0.370. The number of hydrogen-bond donors (Lipinski definition) is 3. The maximum atomic E-state index is 13.8. The highest BCUT2D eigenvalue weighted by molar-refractivity contribution is 7.92. The van der Waals surface area contributed by atoms with Crippen LogP contribution in [0, 0.1) is 12.0 Å². The standard InChI is InChI=1S/C21H27N6O6PS/c1-7-33-34(30)15-12-13(26-35(6,31)32)8-9-14(15)23-18(25-34)16-17(28)19(22-5)24-27(20(16)29)11-10-21(2,3)4/h8-9,12,26,28H,7,10-11H2,1-4,6H3,(H,23,25,30). The molecule has 188 valence electrons. The molecule has 1 aromatic heterocycles. The zero-order valence-electron chi connectivity index (χ0n) is 20.0. The molecule has 0 radical (unpaired) electrons. The molecule has 3 rings (SSSR count). The topological polar surface area (TPSA) is 156 Å². The summed E-state index contributed by atoms with van der Waals surface area (Å²) in [6, 6.07) is 4.22. The highest BCUT2D eigenvalue weighted by Gasteiger charge is 2.36. The molecule has 0 fully saturated rings. The monoisotopic (exact) mass is 522 g/mol. The van der Waals surface area contributed by atoms with Crippen LogP contribution in [0.15, 0.2) is 27.8 Å². The van der Waals surface area contributed by atoms with E-state index in [9.17, 15) is 22.9 Å². The Kier molecular flexibility index (Phi) is 7.13. The largest absolute Gasteiger partial charge is 0.516 e. The number of hydrogen-bond acceptors (Lipinski definition) is 8. The van der Waals surface area contributed by atoms with Crippen molar-refractivity contribution >= 4 is 45.9 Å². The lowest BCUT2D eigenvalue weighted by molar-refractivity contribution is 0.335. The Labute approximate surface area is 203 Å². The number of rotatable bonds is 7. The smallest absolute Gasteiger partial charge is 0.348 e. The number of amidine groups is 1. The van der Waals surface area contributed by atoms with Gasteiger partial charge in [-0.1, -0.05) is 27.3 Å². The van der Waals surface area contributed by atoms with Crippen molar-refractivity contribution in [1.29, 1.82) is 0 Å². The summed E-state index contributed by atoms with van der Waals surface area (Å²) in [6.07, 6.45) is 1.55. The van der Waals surface area contributed by atoms with Gasteiger partial charge in [0.1, 0.15) is 5.56 Å². The van der Waals surface area contributed by atoms with Crippen LogP contribution in [0.25, 0.3) is 4.85 Å². The van der Waals surface area contributed by atoms with Crippen LogP contribution in [0.2, 0.25) is 0 Å². The molecule has 1 unspecified atom stereocenters. The molecule has 1 atom stereocenters. The summed E-state index contributed by atoms with van der Waals surface area (Å²) in [5, 5.41) is 17.6. The summed E-state index contributed by atoms with van der Waals surface area (Å²) in [7, 11) is -7.60. The van der Waals surface area contributed by atoms with Crippen LogP contribution in [-0.4, -0.2) is 42.0 Å². The van der Waals surface area contributed by atoms with Crippen molar-refractivity contribution in [2.24, 2.45) is 10.2 Å². The Morgan fingerprint density at radius 3 is 2.60 bits per heavy atom. The van der Waals surface area contributed by atoms with Crippen molar-refractivity contribution in [1.82, 2.24) is 9.78 Å². The Bertz CT molecular complexity index is 1450. The predicted molar refractivity (Wildman–Crippen MR) is 134 cm³/mol. The zero-order chi connectivity index (χ0) is 26.2. The summed E-state index contributed by atoms with van der Waals surface area (Å²) < 4.78 is 50.1. The van der Waals surface area contributed by atoms with Gasteiger partial charge < -0.3 is 19.8 Å².